The first kappa shape index (κ1) is 16.5. The van der Waals surface area contributed by atoms with Crippen molar-refractivity contribution in [3.8, 4) is 11.3 Å². The van der Waals surface area contributed by atoms with Crippen LogP contribution in [0.1, 0.15) is 16.1 Å². The number of nitrogen functional groups attached to an aromatic ring is 1. The Bertz CT molecular complexity index is 757. The number of rotatable bonds is 4. The van der Waals surface area contributed by atoms with Crippen LogP contribution < -0.4 is 22.4 Å². The maximum Gasteiger partial charge on any atom is 0.339 e. The van der Waals surface area contributed by atoms with Crippen LogP contribution in [0.15, 0.2) is 39.9 Å². The van der Waals surface area contributed by atoms with E-state index in [1.165, 1.54) is 13.3 Å². The number of hydrazine groups is 1. The number of thiocarbonyl (C=S) groups is 1. The molecule has 0 amide bonds. The number of furan rings is 1. The summed E-state index contributed by atoms with van der Waals surface area (Å²) in [5.41, 5.74) is 11.9. The molecule has 0 atom stereocenters. The van der Waals surface area contributed by atoms with Crippen LogP contribution in [0.4, 0.5) is 5.69 Å². The smallest absolute Gasteiger partial charge is 0.339 e. The summed E-state index contributed by atoms with van der Waals surface area (Å²) in [6.45, 7) is 0. The maximum atomic E-state index is 11.5. The fraction of sp³-hybridized carbons (Fsp3) is 0.0714. The molecule has 9 heteroatoms. The summed E-state index contributed by atoms with van der Waals surface area (Å²) in [7, 11) is 1.30. The molecule has 0 saturated carbocycles. The molecule has 0 radical (unpaired) electrons. The summed E-state index contributed by atoms with van der Waals surface area (Å²) < 4.78 is 10.3. The molecule has 1 aromatic carbocycles. The van der Waals surface area contributed by atoms with Gasteiger partial charge in [0.2, 0.25) is 5.11 Å². The topological polar surface area (TPSA) is 128 Å². The second-order valence-corrected chi connectivity index (χ2v) is 4.75. The minimum Gasteiger partial charge on any atom is -0.465 e. The number of carbonyl (C=O) groups excluding carboxylic acids is 1. The molecule has 0 aliphatic heterocycles. The number of hydrazone groups is 1. The number of nitrogens with one attached hydrogen (secondary N) is 2. The van der Waals surface area contributed by atoms with E-state index in [9.17, 15) is 4.79 Å². The molecule has 0 fully saturated rings. The van der Waals surface area contributed by atoms with Gasteiger partial charge in [0.15, 0.2) is 0 Å². The van der Waals surface area contributed by atoms with E-state index in [0.717, 1.165) is 5.56 Å². The minimum atomic E-state index is -0.489. The maximum absolute atomic E-state index is 11.5. The van der Waals surface area contributed by atoms with Crippen molar-refractivity contribution < 1.29 is 13.9 Å². The van der Waals surface area contributed by atoms with Gasteiger partial charge in [0.25, 0.3) is 0 Å². The van der Waals surface area contributed by atoms with Gasteiger partial charge in [0.05, 0.1) is 18.9 Å². The standard InChI is InChI=1S/C14H15N5O3S/c1-21-13(20)10-4-2-8(6-11(10)15)12-5-3-9(22-12)7-17-19-14(23)18-16/h2-7H,15-16H2,1H3,(H2,18,19,23)/b17-7+. The normalized spacial score (nSPS) is 10.5. The van der Waals surface area contributed by atoms with E-state index in [1.54, 1.807) is 30.3 Å². The fourth-order valence-corrected chi connectivity index (χ4v) is 1.83. The van der Waals surface area contributed by atoms with Crippen molar-refractivity contribution >= 4 is 35.2 Å². The van der Waals surface area contributed by atoms with Crippen molar-refractivity contribution in [3.63, 3.8) is 0 Å². The van der Waals surface area contributed by atoms with Gasteiger partial charge in [-0.3, -0.25) is 10.9 Å². The van der Waals surface area contributed by atoms with Gasteiger partial charge in [-0.25, -0.2) is 10.6 Å². The lowest BCUT2D eigenvalue weighted by Crippen LogP contribution is -2.37. The van der Waals surface area contributed by atoms with Gasteiger partial charge >= 0.3 is 5.97 Å². The first-order valence-electron chi connectivity index (χ1n) is 6.43. The number of hydrogen-bond donors (Lipinski definition) is 4. The fourth-order valence-electron chi connectivity index (χ4n) is 1.78. The highest BCUT2D eigenvalue weighted by Crippen LogP contribution is 2.26. The van der Waals surface area contributed by atoms with Crippen LogP contribution in [0.25, 0.3) is 11.3 Å². The van der Waals surface area contributed by atoms with Crippen LogP contribution in [0.5, 0.6) is 0 Å². The number of benzene rings is 1. The van der Waals surface area contributed by atoms with Crippen molar-refractivity contribution in [1.29, 1.82) is 0 Å². The molecule has 0 spiro atoms. The predicted molar refractivity (Wildman–Crippen MR) is 90.5 cm³/mol. The second kappa shape index (κ2) is 7.38. The average Bonchev–Trinajstić information content (AvgIpc) is 3.02. The lowest BCUT2D eigenvalue weighted by Gasteiger charge is -2.05. The van der Waals surface area contributed by atoms with Gasteiger partial charge in [0.1, 0.15) is 11.5 Å². The number of nitrogens with two attached hydrogens (primary N) is 2. The Labute approximate surface area is 137 Å². The van der Waals surface area contributed by atoms with Crippen LogP contribution in [0, 0.1) is 0 Å². The average molecular weight is 333 g/mol. The van der Waals surface area contributed by atoms with Crippen LogP contribution in [0.3, 0.4) is 0 Å². The highest BCUT2D eigenvalue weighted by Gasteiger charge is 2.12. The lowest BCUT2D eigenvalue weighted by molar-refractivity contribution is 0.0602. The summed E-state index contributed by atoms with van der Waals surface area (Å²) in [5, 5.41) is 4.03. The molecule has 8 nitrogen and oxygen atoms in total. The molecule has 0 aliphatic carbocycles. The molecule has 120 valence electrons. The van der Waals surface area contributed by atoms with E-state index in [4.69, 9.17) is 28.2 Å². The number of nitrogens with zero attached hydrogens (tertiary/aromatic N) is 1. The van der Waals surface area contributed by atoms with Gasteiger partial charge in [-0.05, 0) is 36.5 Å². The molecular formula is C14H15N5O3S. The Balaban J connectivity index is 2.16. The molecule has 0 aliphatic rings. The van der Waals surface area contributed by atoms with Crippen LogP contribution in [-0.2, 0) is 4.74 Å². The quantitative estimate of drug-likeness (QED) is 0.163. The van der Waals surface area contributed by atoms with Crippen molar-refractivity contribution in [2.24, 2.45) is 10.9 Å². The number of carbonyl (C=O) groups is 1. The second-order valence-electron chi connectivity index (χ2n) is 4.34. The zero-order valence-electron chi connectivity index (χ0n) is 12.2. The SMILES string of the molecule is COC(=O)c1ccc(-c2ccc(/C=N/NC(=S)NN)o2)cc1N. The number of esters is 1. The molecule has 0 saturated heterocycles. The summed E-state index contributed by atoms with van der Waals surface area (Å²) in [4.78, 5) is 11.5. The molecule has 6 N–H and O–H groups in total. The van der Waals surface area contributed by atoms with E-state index in [0.29, 0.717) is 22.8 Å². The van der Waals surface area contributed by atoms with Gasteiger partial charge in [0, 0.05) is 11.3 Å². The summed E-state index contributed by atoms with van der Waals surface area (Å²) in [6.07, 6.45) is 1.44. The van der Waals surface area contributed by atoms with Crippen molar-refractivity contribution in [2.75, 3.05) is 12.8 Å². The molecule has 1 aromatic heterocycles. The van der Waals surface area contributed by atoms with Crippen LogP contribution in [-0.4, -0.2) is 24.4 Å². The van der Waals surface area contributed by atoms with E-state index >= 15 is 0 Å². The highest BCUT2D eigenvalue weighted by molar-refractivity contribution is 7.80. The van der Waals surface area contributed by atoms with Gasteiger partial charge < -0.3 is 14.9 Å². The minimum absolute atomic E-state index is 0.180. The number of ether oxygens (including phenoxy) is 1. The number of hydrogen-bond acceptors (Lipinski definition) is 7. The highest BCUT2D eigenvalue weighted by atomic mass is 32.1. The Hall–Kier alpha value is -2.91. The summed E-state index contributed by atoms with van der Waals surface area (Å²) in [6, 6.07) is 8.42. The monoisotopic (exact) mass is 333 g/mol. The third-order valence-electron chi connectivity index (χ3n) is 2.86. The van der Waals surface area contributed by atoms with Crippen LogP contribution in [0.2, 0.25) is 0 Å². The van der Waals surface area contributed by atoms with E-state index in [1.807, 2.05) is 0 Å². The molecular weight excluding hydrogens is 318 g/mol. The van der Waals surface area contributed by atoms with Gasteiger partial charge in [-0.1, -0.05) is 6.07 Å². The first-order valence-corrected chi connectivity index (χ1v) is 6.83. The van der Waals surface area contributed by atoms with Crippen molar-refractivity contribution in [3.05, 3.63) is 41.7 Å². The zero-order valence-corrected chi connectivity index (χ0v) is 13.0. The molecule has 1 heterocycles. The first-order chi connectivity index (χ1) is 11.0. The van der Waals surface area contributed by atoms with Crippen LogP contribution >= 0.6 is 12.2 Å². The third kappa shape index (κ3) is 4.05. The third-order valence-corrected chi connectivity index (χ3v) is 3.07. The number of anilines is 1. The van der Waals surface area contributed by atoms with E-state index in [-0.39, 0.29) is 5.11 Å². The van der Waals surface area contributed by atoms with E-state index < -0.39 is 5.97 Å². The lowest BCUT2D eigenvalue weighted by atomic mass is 10.1. The number of methoxy groups -OCH3 is 1. The summed E-state index contributed by atoms with van der Waals surface area (Å²) in [5.74, 6) is 5.69. The Kier molecular flexibility index (Phi) is 5.28. The Morgan fingerprint density at radius 2 is 2.17 bits per heavy atom. The molecule has 23 heavy (non-hydrogen) atoms. The molecule has 2 rings (SSSR count). The van der Waals surface area contributed by atoms with Gasteiger partial charge in [-0.2, -0.15) is 5.10 Å². The summed E-state index contributed by atoms with van der Waals surface area (Å²) >= 11 is 4.77. The van der Waals surface area contributed by atoms with E-state index in [2.05, 4.69) is 20.7 Å². The Morgan fingerprint density at radius 1 is 1.39 bits per heavy atom. The molecule has 2 aromatic rings. The molecule has 0 unspecified atom stereocenters. The van der Waals surface area contributed by atoms with Crippen molar-refractivity contribution in [2.45, 2.75) is 0 Å². The predicted octanol–water partition coefficient (Wildman–Crippen LogP) is 0.987. The Morgan fingerprint density at radius 3 is 2.83 bits per heavy atom. The largest absolute Gasteiger partial charge is 0.465 e. The van der Waals surface area contributed by atoms with Crippen molar-refractivity contribution in [1.82, 2.24) is 10.9 Å². The van der Waals surface area contributed by atoms with Gasteiger partial charge in [-0.15, -0.1) is 0 Å². The molecule has 0 bridgehead atoms. The zero-order chi connectivity index (χ0) is 16.8.